The quantitative estimate of drug-likeness (QED) is 0.865. The Labute approximate surface area is 107 Å². The van der Waals surface area contributed by atoms with Gasteiger partial charge in [-0.05, 0) is 24.5 Å². The van der Waals surface area contributed by atoms with Crippen LogP contribution in [0, 0.1) is 5.92 Å². The highest BCUT2D eigenvalue weighted by Crippen LogP contribution is 2.22. The molecule has 0 amide bonds. The number of ether oxygens (including phenoxy) is 1. The molecule has 0 bridgehead atoms. The summed E-state index contributed by atoms with van der Waals surface area (Å²) >= 11 is 3.57. The smallest absolute Gasteiger partial charge is 0.0499 e. The highest BCUT2D eigenvalue weighted by Gasteiger charge is 2.09. The highest BCUT2D eigenvalue weighted by molar-refractivity contribution is 9.10. The fraction of sp³-hybridized carbons (Fsp3) is 0.538. The fourth-order valence-corrected chi connectivity index (χ4v) is 2.29. The normalized spacial score (nSPS) is 14.8. The van der Waals surface area contributed by atoms with Gasteiger partial charge in [0.25, 0.3) is 0 Å². The van der Waals surface area contributed by atoms with E-state index in [0.29, 0.717) is 12.0 Å². The lowest BCUT2D eigenvalue weighted by Gasteiger charge is -2.18. The molecule has 0 saturated heterocycles. The molecule has 0 radical (unpaired) electrons. The molecule has 1 rings (SSSR count). The Kier molecular flexibility index (Phi) is 6.03. The molecule has 0 aliphatic rings. The minimum atomic E-state index is 0.356. The maximum Gasteiger partial charge on any atom is 0.0499 e. The van der Waals surface area contributed by atoms with Crippen molar-refractivity contribution in [2.24, 2.45) is 5.92 Å². The molecule has 90 valence electrons. The van der Waals surface area contributed by atoms with Crippen LogP contribution in [0.3, 0.4) is 0 Å². The van der Waals surface area contributed by atoms with E-state index in [0.717, 1.165) is 17.6 Å². The lowest BCUT2D eigenvalue weighted by molar-refractivity contribution is 0.157. The van der Waals surface area contributed by atoms with Crippen molar-refractivity contribution in [3.8, 4) is 0 Å². The van der Waals surface area contributed by atoms with E-state index in [4.69, 9.17) is 4.74 Å². The third kappa shape index (κ3) is 4.24. The number of hydrogen-bond acceptors (Lipinski definition) is 2. The third-order valence-electron chi connectivity index (χ3n) is 2.60. The first-order valence-electron chi connectivity index (χ1n) is 5.62. The molecule has 16 heavy (non-hydrogen) atoms. The Morgan fingerprint density at radius 1 is 1.31 bits per heavy atom. The maximum absolute atomic E-state index is 5.12. The summed E-state index contributed by atoms with van der Waals surface area (Å²) in [5.74, 6) is 0.537. The van der Waals surface area contributed by atoms with Crippen LogP contribution in [-0.2, 0) is 4.74 Å². The van der Waals surface area contributed by atoms with Crippen LogP contribution in [-0.4, -0.2) is 20.3 Å². The Morgan fingerprint density at radius 3 is 2.62 bits per heavy atom. The van der Waals surface area contributed by atoms with E-state index in [9.17, 15) is 0 Å². The van der Waals surface area contributed by atoms with E-state index in [1.807, 2.05) is 6.07 Å². The first kappa shape index (κ1) is 13.7. The van der Waals surface area contributed by atoms with Crippen molar-refractivity contribution in [1.29, 1.82) is 0 Å². The molecule has 2 nitrogen and oxygen atoms in total. The molecule has 0 aromatic heterocycles. The SMILES string of the molecule is COCC(C)CN[C@H](C)c1ccccc1Br. The van der Waals surface area contributed by atoms with Crippen LogP contribution >= 0.6 is 15.9 Å². The predicted octanol–water partition coefficient (Wildman–Crippen LogP) is 3.38. The number of benzene rings is 1. The van der Waals surface area contributed by atoms with Crippen LogP contribution in [0.5, 0.6) is 0 Å². The minimum absolute atomic E-state index is 0.356. The number of hydrogen-bond donors (Lipinski definition) is 1. The monoisotopic (exact) mass is 285 g/mol. The summed E-state index contributed by atoms with van der Waals surface area (Å²) in [5.41, 5.74) is 1.30. The van der Waals surface area contributed by atoms with Crippen molar-refractivity contribution in [3.63, 3.8) is 0 Å². The molecule has 0 saturated carbocycles. The summed E-state index contributed by atoms with van der Waals surface area (Å²) in [4.78, 5) is 0. The van der Waals surface area contributed by atoms with E-state index < -0.39 is 0 Å². The van der Waals surface area contributed by atoms with Gasteiger partial charge in [-0.15, -0.1) is 0 Å². The van der Waals surface area contributed by atoms with Crippen molar-refractivity contribution in [2.45, 2.75) is 19.9 Å². The highest BCUT2D eigenvalue weighted by atomic mass is 79.9. The van der Waals surface area contributed by atoms with Gasteiger partial charge in [0, 0.05) is 30.8 Å². The predicted molar refractivity (Wildman–Crippen MR) is 71.6 cm³/mol. The molecule has 3 heteroatoms. The number of nitrogens with one attached hydrogen (secondary N) is 1. The summed E-state index contributed by atoms with van der Waals surface area (Å²) in [6.45, 7) is 6.13. The first-order valence-corrected chi connectivity index (χ1v) is 6.41. The summed E-state index contributed by atoms with van der Waals surface area (Å²) in [5, 5.41) is 3.51. The van der Waals surface area contributed by atoms with Crippen LogP contribution in [0.25, 0.3) is 0 Å². The molecular formula is C13H20BrNO. The summed E-state index contributed by atoms with van der Waals surface area (Å²) in [6.07, 6.45) is 0. The van der Waals surface area contributed by atoms with Crippen molar-refractivity contribution < 1.29 is 4.74 Å². The fourth-order valence-electron chi connectivity index (χ4n) is 1.66. The van der Waals surface area contributed by atoms with E-state index in [-0.39, 0.29) is 0 Å². The van der Waals surface area contributed by atoms with Crippen LogP contribution in [0.1, 0.15) is 25.5 Å². The molecule has 1 N–H and O–H groups in total. The molecule has 0 aliphatic carbocycles. The lowest BCUT2D eigenvalue weighted by atomic mass is 10.1. The topological polar surface area (TPSA) is 21.3 Å². The molecule has 1 aromatic carbocycles. The van der Waals surface area contributed by atoms with Crippen LogP contribution < -0.4 is 5.32 Å². The van der Waals surface area contributed by atoms with Gasteiger partial charge in [-0.25, -0.2) is 0 Å². The molecule has 1 unspecified atom stereocenters. The number of rotatable bonds is 6. The number of methoxy groups -OCH3 is 1. The van der Waals surface area contributed by atoms with E-state index >= 15 is 0 Å². The van der Waals surface area contributed by atoms with Crippen molar-refractivity contribution >= 4 is 15.9 Å². The van der Waals surface area contributed by atoms with Crippen molar-refractivity contribution in [1.82, 2.24) is 5.32 Å². The van der Waals surface area contributed by atoms with E-state index in [1.54, 1.807) is 7.11 Å². The molecule has 0 spiro atoms. The molecular weight excluding hydrogens is 266 g/mol. The lowest BCUT2D eigenvalue weighted by Crippen LogP contribution is -2.26. The minimum Gasteiger partial charge on any atom is -0.384 e. The number of halogens is 1. The molecule has 2 atom stereocenters. The van der Waals surface area contributed by atoms with Crippen LogP contribution in [0.2, 0.25) is 0 Å². The zero-order chi connectivity index (χ0) is 12.0. The molecule has 0 aliphatic heterocycles. The molecule has 0 fully saturated rings. The van der Waals surface area contributed by atoms with Gasteiger partial charge < -0.3 is 10.1 Å². The second kappa shape index (κ2) is 7.05. The van der Waals surface area contributed by atoms with Gasteiger partial charge in [-0.2, -0.15) is 0 Å². The van der Waals surface area contributed by atoms with Gasteiger partial charge in [0.1, 0.15) is 0 Å². The first-order chi connectivity index (χ1) is 7.65. The van der Waals surface area contributed by atoms with Gasteiger partial charge in [-0.1, -0.05) is 41.1 Å². The largest absolute Gasteiger partial charge is 0.384 e. The second-order valence-electron chi connectivity index (χ2n) is 4.21. The van der Waals surface area contributed by atoms with Crippen LogP contribution in [0.4, 0.5) is 0 Å². The Morgan fingerprint density at radius 2 is 2.00 bits per heavy atom. The van der Waals surface area contributed by atoms with Gasteiger partial charge in [0.15, 0.2) is 0 Å². The third-order valence-corrected chi connectivity index (χ3v) is 3.32. The molecule has 1 aromatic rings. The Bertz CT molecular complexity index is 317. The molecule has 0 heterocycles. The van der Waals surface area contributed by atoms with Crippen molar-refractivity contribution in [3.05, 3.63) is 34.3 Å². The average molecular weight is 286 g/mol. The average Bonchev–Trinajstić information content (AvgIpc) is 2.27. The zero-order valence-corrected chi connectivity index (χ0v) is 11.8. The second-order valence-corrected chi connectivity index (χ2v) is 5.07. The van der Waals surface area contributed by atoms with Gasteiger partial charge in [-0.3, -0.25) is 0 Å². The Balaban J connectivity index is 2.46. The van der Waals surface area contributed by atoms with Crippen molar-refractivity contribution in [2.75, 3.05) is 20.3 Å². The zero-order valence-electron chi connectivity index (χ0n) is 10.2. The summed E-state index contributed by atoms with van der Waals surface area (Å²) < 4.78 is 6.28. The van der Waals surface area contributed by atoms with E-state index in [1.165, 1.54) is 5.56 Å². The van der Waals surface area contributed by atoms with E-state index in [2.05, 4.69) is 53.3 Å². The van der Waals surface area contributed by atoms with Gasteiger partial charge >= 0.3 is 0 Å². The summed E-state index contributed by atoms with van der Waals surface area (Å²) in [6, 6.07) is 8.68. The van der Waals surface area contributed by atoms with Gasteiger partial charge in [0.2, 0.25) is 0 Å². The van der Waals surface area contributed by atoms with Gasteiger partial charge in [0.05, 0.1) is 0 Å². The summed E-state index contributed by atoms with van der Waals surface area (Å²) in [7, 11) is 1.74. The van der Waals surface area contributed by atoms with Crippen LogP contribution in [0.15, 0.2) is 28.7 Å². The standard InChI is InChI=1S/C13H20BrNO/c1-10(9-16-3)8-15-11(2)12-6-4-5-7-13(12)14/h4-7,10-11,15H,8-9H2,1-3H3/t10?,11-/m1/s1. The maximum atomic E-state index is 5.12. The Hall–Kier alpha value is -0.380.